The lowest BCUT2D eigenvalue weighted by Crippen LogP contribution is -1.99. The molecule has 0 saturated carbocycles. The van der Waals surface area contributed by atoms with Crippen molar-refractivity contribution in [1.29, 1.82) is 0 Å². The monoisotopic (exact) mass is 163 g/mol. The normalized spacial score (nSPS) is 9.83. The number of pyridine rings is 1. The molecule has 0 saturated heterocycles. The third-order valence-electron chi connectivity index (χ3n) is 1.72. The Labute approximate surface area is 72.6 Å². The minimum atomic E-state index is 0.159. The summed E-state index contributed by atoms with van der Waals surface area (Å²) >= 11 is 0. The van der Waals surface area contributed by atoms with Crippen LogP contribution in [-0.2, 0) is 17.6 Å². The van der Waals surface area contributed by atoms with E-state index < -0.39 is 0 Å². The standard InChI is InChI=1S/C10H13NO/c1-3-9-4-5-10(11-7-9)6-8(2)12/h4-5,7H,3,6H2,1-2H3. The molecule has 0 aliphatic carbocycles. The van der Waals surface area contributed by atoms with Crippen molar-refractivity contribution in [2.24, 2.45) is 0 Å². The lowest BCUT2D eigenvalue weighted by Gasteiger charge is -1.98. The Morgan fingerprint density at radius 3 is 2.67 bits per heavy atom. The minimum absolute atomic E-state index is 0.159. The van der Waals surface area contributed by atoms with Gasteiger partial charge >= 0.3 is 0 Å². The number of hydrogen-bond acceptors (Lipinski definition) is 2. The Kier molecular flexibility index (Phi) is 2.97. The molecule has 0 bridgehead atoms. The summed E-state index contributed by atoms with van der Waals surface area (Å²) in [5, 5.41) is 0. The van der Waals surface area contributed by atoms with Gasteiger partial charge in [-0.25, -0.2) is 0 Å². The molecule has 1 aromatic rings. The second-order valence-corrected chi connectivity index (χ2v) is 2.89. The van der Waals surface area contributed by atoms with Gasteiger partial charge in [0.2, 0.25) is 0 Å². The highest BCUT2D eigenvalue weighted by Crippen LogP contribution is 2.01. The van der Waals surface area contributed by atoms with E-state index >= 15 is 0 Å². The van der Waals surface area contributed by atoms with Crippen LogP contribution < -0.4 is 0 Å². The van der Waals surface area contributed by atoms with Crippen LogP contribution in [-0.4, -0.2) is 10.8 Å². The molecule has 64 valence electrons. The quantitative estimate of drug-likeness (QED) is 0.679. The van der Waals surface area contributed by atoms with E-state index in [1.807, 2.05) is 18.3 Å². The smallest absolute Gasteiger partial charge is 0.135 e. The van der Waals surface area contributed by atoms with Gasteiger partial charge in [-0.05, 0) is 25.0 Å². The molecule has 0 radical (unpaired) electrons. The lowest BCUT2D eigenvalue weighted by molar-refractivity contribution is -0.116. The van der Waals surface area contributed by atoms with Crippen molar-refractivity contribution in [2.75, 3.05) is 0 Å². The third-order valence-corrected chi connectivity index (χ3v) is 1.72. The largest absolute Gasteiger partial charge is 0.300 e. The van der Waals surface area contributed by atoms with Crippen LogP contribution in [0.15, 0.2) is 18.3 Å². The summed E-state index contributed by atoms with van der Waals surface area (Å²) in [6, 6.07) is 3.94. The summed E-state index contributed by atoms with van der Waals surface area (Å²) in [6.07, 6.45) is 3.27. The van der Waals surface area contributed by atoms with E-state index in [0.717, 1.165) is 12.1 Å². The molecule has 1 heterocycles. The Morgan fingerprint density at radius 1 is 1.50 bits per heavy atom. The molecular weight excluding hydrogens is 150 g/mol. The lowest BCUT2D eigenvalue weighted by atomic mass is 10.1. The van der Waals surface area contributed by atoms with E-state index in [4.69, 9.17) is 0 Å². The van der Waals surface area contributed by atoms with E-state index in [2.05, 4.69) is 11.9 Å². The van der Waals surface area contributed by atoms with E-state index in [0.29, 0.717) is 6.42 Å². The Bertz CT molecular complexity index is 264. The van der Waals surface area contributed by atoms with E-state index in [-0.39, 0.29) is 5.78 Å². The van der Waals surface area contributed by atoms with Gasteiger partial charge in [0.1, 0.15) is 5.78 Å². The van der Waals surface area contributed by atoms with Crippen molar-refractivity contribution >= 4 is 5.78 Å². The Morgan fingerprint density at radius 2 is 2.25 bits per heavy atom. The number of aryl methyl sites for hydroxylation is 1. The summed E-state index contributed by atoms with van der Waals surface area (Å²) in [6.45, 7) is 3.66. The molecule has 2 heteroatoms. The number of aromatic nitrogens is 1. The fourth-order valence-electron chi connectivity index (χ4n) is 1.02. The summed E-state index contributed by atoms with van der Waals surface area (Å²) in [5.41, 5.74) is 2.07. The maximum absolute atomic E-state index is 10.7. The fourth-order valence-corrected chi connectivity index (χ4v) is 1.02. The molecule has 1 rings (SSSR count). The summed E-state index contributed by atoms with van der Waals surface area (Å²) in [7, 11) is 0. The van der Waals surface area contributed by atoms with Crippen molar-refractivity contribution in [3.05, 3.63) is 29.6 Å². The zero-order valence-electron chi connectivity index (χ0n) is 7.50. The molecule has 0 aliphatic rings. The van der Waals surface area contributed by atoms with Gasteiger partial charge in [0.25, 0.3) is 0 Å². The molecule has 2 nitrogen and oxygen atoms in total. The summed E-state index contributed by atoms with van der Waals surface area (Å²) in [4.78, 5) is 14.9. The van der Waals surface area contributed by atoms with Gasteiger partial charge in [-0.2, -0.15) is 0 Å². The first-order valence-corrected chi connectivity index (χ1v) is 4.15. The van der Waals surface area contributed by atoms with Gasteiger partial charge in [-0.15, -0.1) is 0 Å². The molecule has 0 unspecified atom stereocenters. The highest BCUT2D eigenvalue weighted by molar-refractivity contribution is 5.77. The van der Waals surface area contributed by atoms with Gasteiger partial charge in [-0.3, -0.25) is 9.78 Å². The number of Topliss-reactive ketones (excluding diaryl/α,β-unsaturated/α-hetero) is 1. The Balaban J connectivity index is 2.71. The Hall–Kier alpha value is -1.18. The zero-order chi connectivity index (χ0) is 8.97. The second kappa shape index (κ2) is 4.00. The first-order valence-electron chi connectivity index (χ1n) is 4.15. The van der Waals surface area contributed by atoms with E-state index in [1.54, 1.807) is 6.92 Å². The predicted molar refractivity (Wildman–Crippen MR) is 48.0 cm³/mol. The van der Waals surface area contributed by atoms with Crippen LogP contribution >= 0.6 is 0 Å². The molecule has 0 aliphatic heterocycles. The SMILES string of the molecule is CCc1ccc(CC(C)=O)nc1. The minimum Gasteiger partial charge on any atom is -0.300 e. The summed E-state index contributed by atoms with van der Waals surface area (Å²) < 4.78 is 0. The van der Waals surface area contributed by atoms with Crippen molar-refractivity contribution in [3.8, 4) is 0 Å². The van der Waals surface area contributed by atoms with Gasteiger partial charge in [0.15, 0.2) is 0 Å². The first-order chi connectivity index (χ1) is 5.72. The fraction of sp³-hybridized carbons (Fsp3) is 0.400. The number of nitrogens with zero attached hydrogens (tertiary/aromatic N) is 1. The predicted octanol–water partition coefficient (Wildman–Crippen LogP) is 1.78. The first kappa shape index (κ1) is 8.91. The highest BCUT2D eigenvalue weighted by Gasteiger charge is 1.97. The highest BCUT2D eigenvalue weighted by atomic mass is 16.1. The molecule has 0 spiro atoms. The molecule has 0 aromatic carbocycles. The molecule has 0 amide bonds. The number of ketones is 1. The molecule has 0 N–H and O–H groups in total. The maximum atomic E-state index is 10.7. The van der Waals surface area contributed by atoms with Crippen LogP contribution in [0.3, 0.4) is 0 Å². The second-order valence-electron chi connectivity index (χ2n) is 2.89. The topological polar surface area (TPSA) is 30.0 Å². The van der Waals surface area contributed by atoms with Crippen LogP contribution in [0.5, 0.6) is 0 Å². The van der Waals surface area contributed by atoms with Crippen molar-refractivity contribution in [3.63, 3.8) is 0 Å². The van der Waals surface area contributed by atoms with Crippen LogP contribution in [0.25, 0.3) is 0 Å². The molecular formula is C10H13NO. The van der Waals surface area contributed by atoms with Gasteiger partial charge in [0, 0.05) is 18.3 Å². The number of rotatable bonds is 3. The zero-order valence-corrected chi connectivity index (χ0v) is 7.50. The summed E-state index contributed by atoms with van der Waals surface area (Å²) in [5.74, 6) is 0.159. The van der Waals surface area contributed by atoms with Crippen molar-refractivity contribution in [1.82, 2.24) is 4.98 Å². The van der Waals surface area contributed by atoms with Crippen LogP contribution in [0.4, 0.5) is 0 Å². The van der Waals surface area contributed by atoms with Crippen molar-refractivity contribution < 1.29 is 4.79 Å². The maximum Gasteiger partial charge on any atom is 0.135 e. The molecule has 0 atom stereocenters. The molecule has 12 heavy (non-hydrogen) atoms. The molecule has 1 aromatic heterocycles. The van der Waals surface area contributed by atoms with Crippen LogP contribution in [0.1, 0.15) is 25.1 Å². The third kappa shape index (κ3) is 2.46. The average molecular weight is 163 g/mol. The average Bonchev–Trinajstić information content (AvgIpc) is 2.05. The molecule has 0 fully saturated rings. The van der Waals surface area contributed by atoms with Crippen LogP contribution in [0.2, 0.25) is 0 Å². The number of carbonyl (C=O) groups excluding carboxylic acids is 1. The van der Waals surface area contributed by atoms with Gasteiger partial charge < -0.3 is 0 Å². The van der Waals surface area contributed by atoms with Crippen molar-refractivity contribution in [2.45, 2.75) is 26.7 Å². The van der Waals surface area contributed by atoms with E-state index in [1.165, 1.54) is 5.56 Å². The number of hydrogen-bond donors (Lipinski definition) is 0. The van der Waals surface area contributed by atoms with Crippen LogP contribution in [0, 0.1) is 0 Å². The van der Waals surface area contributed by atoms with Gasteiger partial charge in [0.05, 0.1) is 0 Å². The van der Waals surface area contributed by atoms with Gasteiger partial charge in [-0.1, -0.05) is 13.0 Å². The number of carbonyl (C=O) groups is 1. The van der Waals surface area contributed by atoms with E-state index in [9.17, 15) is 4.79 Å².